The molecular formula is C24H50O7. The summed E-state index contributed by atoms with van der Waals surface area (Å²) in [4.78, 5) is 49.7. The lowest BCUT2D eigenvalue weighted by atomic mass is 10.3. The van der Waals surface area contributed by atoms with E-state index in [0.29, 0.717) is 44.3 Å². The maximum atomic E-state index is 10.2. The number of esters is 2. The summed E-state index contributed by atoms with van der Waals surface area (Å²) in [6.45, 7) is 18.4. The highest BCUT2D eigenvalue weighted by atomic mass is 16.5. The maximum absolute atomic E-state index is 10.2. The average molecular weight is 451 g/mol. The summed E-state index contributed by atoms with van der Waals surface area (Å²) in [7, 11) is 2.76. The molecule has 0 unspecified atom stereocenters. The molecule has 0 fully saturated rings. The van der Waals surface area contributed by atoms with Gasteiger partial charge in [0.05, 0.1) is 14.2 Å². The molecular weight excluding hydrogens is 400 g/mol. The Balaban J connectivity index is -0.0000000612. The van der Waals surface area contributed by atoms with Gasteiger partial charge in [-0.05, 0) is 13.8 Å². The Labute approximate surface area is 191 Å². The van der Waals surface area contributed by atoms with Crippen LogP contribution in [0.15, 0.2) is 0 Å². The molecule has 0 radical (unpaired) electrons. The highest BCUT2D eigenvalue weighted by molar-refractivity contribution is 5.77. The zero-order chi connectivity index (χ0) is 26.3. The van der Waals surface area contributed by atoms with E-state index >= 15 is 0 Å². The first-order valence-corrected chi connectivity index (χ1v) is 11.0. The molecule has 0 aliphatic carbocycles. The smallest absolute Gasteiger partial charge is 0.305 e. The SMILES string of the molecule is CCC.CCC(=O)CC.CCC(=O)OC.CCC(=O)OC.CCC(C)=O.CCC(C)=O. The van der Waals surface area contributed by atoms with E-state index in [1.807, 2.05) is 27.7 Å². The summed E-state index contributed by atoms with van der Waals surface area (Å²) < 4.78 is 8.52. The van der Waals surface area contributed by atoms with Crippen molar-refractivity contribution < 1.29 is 33.4 Å². The molecule has 0 aliphatic heterocycles. The van der Waals surface area contributed by atoms with E-state index in [-0.39, 0.29) is 23.5 Å². The zero-order valence-corrected chi connectivity index (χ0v) is 22.3. The maximum Gasteiger partial charge on any atom is 0.305 e. The number of hydrogen-bond acceptors (Lipinski definition) is 7. The van der Waals surface area contributed by atoms with E-state index < -0.39 is 0 Å². The average Bonchev–Trinajstić information content (AvgIpc) is 2.79. The van der Waals surface area contributed by atoms with Gasteiger partial charge < -0.3 is 19.1 Å². The highest BCUT2D eigenvalue weighted by Crippen LogP contribution is 1.83. The van der Waals surface area contributed by atoms with Crippen molar-refractivity contribution in [3.63, 3.8) is 0 Å². The Morgan fingerprint density at radius 1 is 0.484 bits per heavy atom. The van der Waals surface area contributed by atoms with Crippen molar-refractivity contribution in [1.82, 2.24) is 0 Å². The van der Waals surface area contributed by atoms with Gasteiger partial charge in [-0.15, -0.1) is 0 Å². The first kappa shape index (κ1) is 42.9. The van der Waals surface area contributed by atoms with E-state index in [1.165, 1.54) is 20.6 Å². The minimum atomic E-state index is -0.157. The van der Waals surface area contributed by atoms with Gasteiger partial charge in [0.1, 0.15) is 17.3 Å². The van der Waals surface area contributed by atoms with Gasteiger partial charge in [-0.1, -0.05) is 61.8 Å². The van der Waals surface area contributed by atoms with Crippen molar-refractivity contribution in [2.75, 3.05) is 14.2 Å². The second-order valence-electron chi connectivity index (χ2n) is 5.92. The molecule has 0 saturated carbocycles. The van der Waals surface area contributed by atoms with Gasteiger partial charge in [0.25, 0.3) is 0 Å². The summed E-state index contributed by atoms with van der Waals surface area (Å²) in [6.07, 6.45) is 4.90. The number of carbonyl (C=O) groups is 5. The second-order valence-corrected chi connectivity index (χ2v) is 5.92. The van der Waals surface area contributed by atoms with Gasteiger partial charge in [-0.25, -0.2) is 0 Å². The molecule has 0 aromatic carbocycles. The van der Waals surface area contributed by atoms with Crippen molar-refractivity contribution >= 4 is 29.3 Å². The van der Waals surface area contributed by atoms with Crippen LogP contribution in [-0.2, 0) is 33.4 Å². The van der Waals surface area contributed by atoms with Crippen molar-refractivity contribution in [1.29, 1.82) is 0 Å². The molecule has 0 saturated heterocycles. The highest BCUT2D eigenvalue weighted by Gasteiger charge is 1.88. The van der Waals surface area contributed by atoms with Gasteiger partial charge >= 0.3 is 11.9 Å². The summed E-state index contributed by atoms with van der Waals surface area (Å²) in [5.74, 6) is 0.537. The number of rotatable bonds is 6. The van der Waals surface area contributed by atoms with Crippen molar-refractivity contribution in [2.24, 2.45) is 0 Å². The number of carbonyl (C=O) groups excluding carboxylic acids is 5. The van der Waals surface area contributed by atoms with Crippen LogP contribution in [0.1, 0.15) is 114 Å². The Bertz CT molecular complexity index is 346. The first-order chi connectivity index (χ1) is 14.4. The van der Waals surface area contributed by atoms with E-state index in [1.54, 1.807) is 27.7 Å². The molecule has 188 valence electrons. The van der Waals surface area contributed by atoms with Gasteiger partial charge in [0.2, 0.25) is 0 Å². The van der Waals surface area contributed by atoms with Gasteiger partial charge in [0.15, 0.2) is 0 Å². The van der Waals surface area contributed by atoms with Crippen molar-refractivity contribution in [3.8, 4) is 0 Å². The van der Waals surface area contributed by atoms with E-state index in [4.69, 9.17) is 0 Å². The minimum absolute atomic E-state index is 0.157. The monoisotopic (exact) mass is 450 g/mol. The Hall–Kier alpha value is -2.05. The molecule has 7 nitrogen and oxygen atoms in total. The quantitative estimate of drug-likeness (QED) is 0.464. The van der Waals surface area contributed by atoms with Crippen LogP contribution in [0.5, 0.6) is 0 Å². The molecule has 0 aromatic rings. The lowest BCUT2D eigenvalue weighted by molar-refractivity contribution is -0.141. The fourth-order valence-corrected chi connectivity index (χ4v) is 0.539. The number of Topliss-reactive ketones (excluding diaryl/α,β-unsaturated/α-hetero) is 3. The molecule has 0 amide bonds. The number of ketones is 3. The first-order valence-electron chi connectivity index (χ1n) is 11.0. The fourth-order valence-electron chi connectivity index (χ4n) is 0.539. The minimum Gasteiger partial charge on any atom is -0.469 e. The summed E-state index contributed by atoms with van der Waals surface area (Å²) in [5, 5.41) is 0. The van der Waals surface area contributed by atoms with Crippen LogP contribution in [0, 0.1) is 0 Å². The van der Waals surface area contributed by atoms with Crippen LogP contribution in [0.4, 0.5) is 0 Å². The summed E-state index contributed by atoms with van der Waals surface area (Å²) in [6, 6.07) is 0. The molecule has 0 bridgehead atoms. The molecule has 0 aliphatic rings. The molecule has 0 rings (SSSR count). The third-order valence-electron chi connectivity index (χ3n) is 2.82. The molecule has 0 N–H and O–H groups in total. The predicted octanol–water partition coefficient (Wildman–Crippen LogP) is 5.90. The topological polar surface area (TPSA) is 104 Å². The Kier molecular flexibility index (Phi) is 58.4. The van der Waals surface area contributed by atoms with E-state index in [9.17, 15) is 24.0 Å². The van der Waals surface area contributed by atoms with Crippen LogP contribution < -0.4 is 0 Å². The Morgan fingerprint density at radius 2 is 0.677 bits per heavy atom. The van der Waals surface area contributed by atoms with Crippen LogP contribution >= 0.6 is 0 Å². The molecule has 0 spiro atoms. The summed E-state index contributed by atoms with van der Waals surface area (Å²) >= 11 is 0. The summed E-state index contributed by atoms with van der Waals surface area (Å²) in [5.41, 5.74) is 0. The van der Waals surface area contributed by atoms with E-state index in [0.717, 1.165) is 0 Å². The van der Waals surface area contributed by atoms with Gasteiger partial charge in [-0.2, -0.15) is 0 Å². The third-order valence-corrected chi connectivity index (χ3v) is 2.82. The molecule has 31 heavy (non-hydrogen) atoms. The molecule has 0 heterocycles. The molecule has 0 atom stereocenters. The van der Waals surface area contributed by atoms with Crippen LogP contribution in [0.25, 0.3) is 0 Å². The zero-order valence-electron chi connectivity index (χ0n) is 22.3. The molecule has 0 aromatic heterocycles. The van der Waals surface area contributed by atoms with Crippen LogP contribution in [-0.4, -0.2) is 43.5 Å². The number of ether oxygens (including phenoxy) is 2. The second kappa shape index (κ2) is 42.1. The Morgan fingerprint density at radius 3 is 0.677 bits per heavy atom. The van der Waals surface area contributed by atoms with Gasteiger partial charge in [-0.3, -0.25) is 14.4 Å². The van der Waals surface area contributed by atoms with Crippen LogP contribution in [0.3, 0.4) is 0 Å². The van der Waals surface area contributed by atoms with Crippen molar-refractivity contribution in [2.45, 2.75) is 114 Å². The number of hydrogen-bond donors (Lipinski definition) is 0. The lowest BCUT2D eigenvalue weighted by Gasteiger charge is -1.87. The largest absolute Gasteiger partial charge is 0.469 e. The normalized spacial score (nSPS) is 7.61. The predicted molar refractivity (Wildman–Crippen MR) is 128 cm³/mol. The van der Waals surface area contributed by atoms with Crippen LogP contribution in [0.2, 0.25) is 0 Å². The standard InChI is InChI=1S/C5H10O.2C4H8O2.2C4H8O.C3H8/c1-3-5(6)4-2;2*1-3-4(5)6-2;2*1-3-4(2)5;1-3-2/h3-4H2,1-2H3;2*3H2,1-2H3;2*3H2,1-2H3;3H2,1-2H3. The van der Waals surface area contributed by atoms with Crippen molar-refractivity contribution in [3.05, 3.63) is 0 Å². The third kappa shape index (κ3) is 96.7. The molecule has 7 heteroatoms. The fraction of sp³-hybridized carbons (Fsp3) is 0.792. The lowest BCUT2D eigenvalue weighted by Crippen LogP contribution is -1.94. The van der Waals surface area contributed by atoms with E-state index in [2.05, 4.69) is 23.3 Å². The van der Waals surface area contributed by atoms with Gasteiger partial charge in [0, 0.05) is 38.5 Å². The number of methoxy groups -OCH3 is 2.